The molecule has 0 bridgehead atoms. The molecule has 51 heavy (non-hydrogen) atoms. The monoisotopic (exact) mass is 675 g/mol. The first-order valence-electron chi connectivity index (χ1n) is 17.9. The van der Waals surface area contributed by atoms with E-state index in [2.05, 4.69) is 193 Å². The second-order valence-corrected chi connectivity index (χ2v) is 17.2. The van der Waals surface area contributed by atoms with Crippen molar-refractivity contribution in [3.8, 4) is 5.69 Å². The molecule has 2 aliphatic rings. The molecule has 0 fully saturated rings. The van der Waals surface area contributed by atoms with E-state index in [1.165, 1.54) is 42.7 Å². The molecule has 0 spiro atoms. The fourth-order valence-corrected chi connectivity index (χ4v) is 13.5. The van der Waals surface area contributed by atoms with E-state index in [4.69, 9.17) is 4.42 Å². The molecule has 0 saturated heterocycles. The fraction of sp³-hybridized carbons (Fsp3) is 0.0833. The number of nitrogens with zero attached hydrogens (tertiary/aromatic N) is 1. The zero-order chi connectivity index (χ0) is 33.8. The molecular formula is C48H37NOS. The Morgan fingerprint density at radius 1 is 0.529 bits per heavy atom. The highest BCUT2D eigenvalue weighted by atomic mass is 32.3. The Bertz CT molecular complexity index is 2610. The van der Waals surface area contributed by atoms with E-state index in [0.29, 0.717) is 10.5 Å². The molecule has 0 aliphatic heterocycles. The van der Waals surface area contributed by atoms with Crippen molar-refractivity contribution in [1.82, 2.24) is 4.57 Å². The lowest BCUT2D eigenvalue weighted by atomic mass is 9.95. The summed E-state index contributed by atoms with van der Waals surface area (Å²) in [5.41, 5.74) is 8.03. The number of furan rings is 1. The maximum atomic E-state index is 6.46. The quantitative estimate of drug-likeness (QED) is 0.172. The van der Waals surface area contributed by atoms with Crippen molar-refractivity contribution in [3.63, 3.8) is 0 Å². The molecule has 2 atom stereocenters. The van der Waals surface area contributed by atoms with Gasteiger partial charge in [0.1, 0.15) is 11.2 Å². The predicted octanol–water partition coefficient (Wildman–Crippen LogP) is 13.2. The van der Waals surface area contributed by atoms with Gasteiger partial charge in [0.2, 0.25) is 0 Å². The smallest absolute Gasteiger partial charge is 0.135 e. The molecule has 0 N–H and O–H groups in total. The highest BCUT2D eigenvalue weighted by molar-refractivity contribution is 8.35. The number of rotatable bonds is 6. The molecule has 10 rings (SSSR count). The van der Waals surface area contributed by atoms with Crippen molar-refractivity contribution in [3.05, 3.63) is 194 Å². The van der Waals surface area contributed by atoms with Gasteiger partial charge < -0.3 is 8.98 Å². The lowest BCUT2D eigenvalue weighted by Crippen LogP contribution is -2.29. The second-order valence-electron chi connectivity index (χ2n) is 13.6. The summed E-state index contributed by atoms with van der Waals surface area (Å²) in [7, 11) is -1.52. The highest BCUT2D eigenvalue weighted by Crippen LogP contribution is 2.72. The Labute approximate surface area is 299 Å². The van der Waals surface area contributed by atoms with Gasteiger partial charge in [0, 0.05) is 37.7 Å². The van der Waals surface area contributed by atoms with Gasteiger partial charge in [-0.2, -0.15) is 10.0 Å². The average molecular weight is 676 g/mol. The largest absolute Gasteiger partial charge is 0.456 e. The van der Waals surface area contributed by atoms with Crippen molar-refractivity contribution in [2.24, 2.45) is 0 Å². The number of aromatic nitrogens is 1. The molecule has 2 unspecified atom stereocenters. The van der Waals surface area contributed by atoms with E-state index in [-0.39, 0.29) is 0 Å². The molecule has 3 heteroatoms. The van der Waals surface area contributed by atoms with Gasteiger partial charge in [-0.3, -0.25) is 0 Å². The normalized spacial score (nSPS) is 17.8. The topological polar surface area (TPSA) is 18.1 Å². The Morgan fingerprint density at radius 3 is 1.80 bits per heavy atom. The first-order chi connectivity index (χ1) is 25.3. The van der Waals surface area contributed by atoms with Crippen molar-refractivity contribution < 1.29 is 4.42 Å². The number of hydrogen-bond acceptors (Lipinski definition) is 1. The van der Waals surface area contributed by atoms with Crippen LogP contribution in [0.3, 0.4) is 0 Å². The van der Waals surface area contributed by atoms with Crippen LogP contribution < -0.4 is 0 Å². The van der Waals surface area contributed by atoms with Gasteiger partial charge in [-0.1, -0.05) is 121 Å². The van der Waals surface area contributed by atoms with Crippen molar-refractivity contribution in [2.45, 2.75) is 33.1 Å². The molecule has 6 aromatic carbocycles. The summed E-state index contributed by atoms with van der Waals surface area (Å²) >= 11 is 0. The van der Waals surface area contributed by atoms with Gasteiger partial charge in [-0.15, -0.1) is 0 Å². The molecule has 8 aromatic rings. The van der Waals surface area contributed by atoms with Crippen LogP contribution >= 0.6 is 10.0 Å². The van der Waals surface area contributed by atoms with Crippen LogP contribution in [0.4, 0.5) is 0 Å². The van der Waals surface area contributed by atoms with E-state index in [1.807, 2.05) is 0 Å². The van der Waals surface area contributed by atoms with Gasteiger partial charge >= 0.3 is 0 Å². The molecule has 2 nitrogen and oxygen atoms in total. The maximum absolute atomic E-state index is 6.46. The van der Waals surface area contributed by atoms with Gasteiger partial charge in [-0.25, -0.2) is 0 Å². The summed E-state index contributed by atoms with van der Waals surface area (Å²) in [4.78, 5) is 2.90. The number of para-hydroxylation sites is 2. The SMILES string of the molecule is C1=CCC(S(c2ccccc2)(c2ccccc2)C2C=CC=C(c3ccc4oc5ccc(-n6c7ccccc7c7ccccc76)cc5c4c3)C2)C=C1. The fourth-order valence-electron chi connectivity index (χ4n) is 8.61. The first kappa shape index (κ1) is 30.1. The van der Waals surface area contributed by atoms with E-state index in [1.54, 1.807) is 0 Å². The predicted molar refractivity (Wildman–Crippen MR) is 217 cm³/mol. The summed E-state index contributed by atoms with van der Waals surface area (Å²) < 4.78 is 8.85. The second kappa shape index (κ2) is 12.2. The Hall–Kier alpha value is -5.77. The van der Waals surface area contributed by atoms with Crippen LogP contribution in [0.5, 0.6) is 0 Å². The van der Waals surface area contributed by atoms with E-state index < -0.39 is 10.0 Å². The summed E-state index contributed by atoms with van der Waals surface area (Å²) in [6, 6.07) is 53.5. The summed E-state index contributed by atoms with van der Waals surface area (Å²) in [5.74, 6) is 0. The molecule has 2 heterocycles. The molecular weight excluding hydrogens is 639 g/mol. The summed E-state index contributed by atoms with van der Waals surface area (Å²) in [6.45, 7) is 0. The molecule has 2 aromatic heterocycles. The van der Waals surface area contributed by atoms with E-state index in [0.717, 1.165) is 40.5 Å². The van der Waals surface area contributed by atoms with Crippen LogP contribution in [-0.2, 0) is 0 Å². The third-order valence-electron chi connectivity index (χ3n) is 10.9. The van der Waals surface area contributed by atoms with Crippen molar-refractivity contribution >= 4 is 59.3 Å². The lowest BCUT2D eigenvalue weighted by Gasteiger charge is -2.52. The molecule has 0 amide bonds. The van der Waals surface area contributed by atoms with Crippen molar-refractivity contribution in [1.29, 1.82) is 0 Å². The zero-order valence-corrected chi connectivity index (χ0v) is 29.0. The molecule has 0 radical (unpaired) electrons. The third kappa shape index (κ3) is 4.80. The lowest BCUT2D eigenvalue weighted by molar-refractivity contribution is 0.669. The summed E-state index contributed by atoms with van der Waals surface area (Å²) in [6.07, 6.45) is 18.4. The number of benzene rings is 6. The van der Waals surface area contributed by atoms with Crippen LogP contribution in [0.1, 0.15) is 18.4 Å². The minimum atomic E-state index is -1.52. The van der Waals surface area contributed by atoms with Gasteiger partial charge in [-0.05, 0) is 100 Å². The van der Waals surface area contributed by atoms with Crippen LogP contribution in [0.2, 0.25) is 0 Å². The van der Waals surface area contributed by atoms with E-state index >= 15 is 0 Å². The zero-order valence-electron chi connectivity index (χ0n) is 28.2. The Kier molecular flexibility index (Phi) is 7.21. The maximum Gasteiger partial charge on any atom is 0.135 e. The molecule has 246 valence electrons. The molecule has 0 saturated carbocycles. The minimum Gasteiger partial charge on any atom is -0.456 e. The average Bonchev–Trinajstić information content (AvgIpc) is 3.74. The number of hydrogen-bond donors (Lipinski definition) is 0. The Morgan fingerprint density at radius 2 is 1.14 bits per heavy atom. The summed E-state index contributed by atoms with van der Waals surface area (Å²) in [5, 5.41) is 5.57. The van der Waals surface area contributed by atoms with Crippen LogP contribution in [0.15, 0.2) is 202 Å². The van der Waals surface area contributed by atoms with Gasteiger partial charge in [0.15, 0.2) is 0 Å². The highest BCUT2D eigenvalue weighted by Gasteiger charge is 2.42. The van der Waals surface area contributed by atoms with Gasteiger partial charge in [0.25, 0.3) is 0 Å². The first-order valence-corrected chi connectivity index (χ1v) is 19.6. The Balaban J connectivity index is 1.09. The van der Waals surface area contributed by atoms with Gasteiger partial charge in [0.05, 0.1) is 11.0 Å². The van der Waals surface area contributed by atoms with Crippen LogP contribution in [-0.4, -0.2) is 15.1 Å². The van der Waals surface area contributed by atoms with E-state index in [9.17, 15) is 0 Å². The number of allylic oxidation sites excluding steroid dienone is 6. The minimum absolute atomic E-state index is 0.335. The standard InChI is InChI=1S/C48H37NOS/c1-4-16-37(17-5-1)51(38-18-6-2-7-19-38,39-20-8-3-9-21-39)40-22-14-15-34(31-40)35-27-29-47-43(32-35)44-33-36(28-30-48(44)50-47)49-45-25-12-10-23-41(45)42-24-11-13-26-46(42)49/h1-20,22-30,32-33,39-40H,21,31H2. The van der Waals surface area contributed by atoms with Crippen molar-refractivity contribution in [2.75, 3.05) is 0 Å². The number of fused-ring (bicyclic) bond motifs is 6. The molecule has 2 aliphatic carbocycles. The van der Waals surface area contributed by atoms with Crippen LogP contribution in [0.25, 0.3) is 55.0 Å². The third-order valence-corrected chi connectivity index (χ3v) is 15.6. The van der Waals surface area contributed by atoms with Crippen LogP contribution in [0, 0.1) is 0 Å².